The summed E-state index contributed by atoms with van der Waals surface area (Å²) in [5, 5.41) is 7.12. The highest BCUT2D eigenvalue weighted by Crippen LogP contribution is 2.01. The maximum Gasteiger partial charge on any atom is 0.0918 e. The van der Waals surface area contributed by atoms with Crippen molar-refractivity contribution in [3.05, 3.63) is 0 Å². The fourth-order valence-electron chi connectivity index (χ4n) is 1.37. The summed E-state index contributed by atoms with van der Waals surface area (Å²) in [5.74, 6) is 0.778. The molecule has 0 atom stereocenters. The summed E-state index contributed by atoms with van der Waals surface area (Å²) in [5.41, 5.74) is 5.28. The number of alkyl halides is 1. The Hall–Kier alpha value is -0.640. The molecule has 14 heavy (non-hydrogen) atoms. The van der Waals surface area contributed by atoms with Crippen molar-refractivity contribution in [1.29, 1.82) is 5.41 Å². The Morgan fingerprint density at radius 2 is 2.07 bits per heavy atom. The standard InChI is InChI=1S/C10H22FN3/c1-9(2)8-14(6-3-5-11)7-4-10(12)13/h9H,3-8H2,1-2H3,(H3,12,13). The van der Waals surface area contributed by atoms with Gasteiger partial charge in [0.1, 0.15) is 0 Å². The minimum Gasteiger partial charge on any atom is -0.388 e. The van der Waals surface area contributed by atoms with Crippen LogP contribution >= 0.6 is 0 Å². The van der Waals surface area contributed by atoms with E-state index in [4.69, 9.17) is 11.1 Å². The summed E-state index contributed by atoms with van der Waals surface area (Å²) >= 11 is 0. The van der Waals surface area contributed by atoms with Crippen molar-refractivity contribution in [3.63, 3.8) is 0 Å². The maximum atomic E-state index is 12.0. The molecule has 0 saturated heterocycles. The van der Waals surface area contributed by atoms with Crippen LogP contribution in [0.4, 0.5) is 4.39 Å². The molecular formula is C10H22FN3. The van der Waals surface area contributed by atoms with Crippen LogP contribution < -0.4 is 5.73 Å². The van der Waals surface area contributed by atoms with Crippen LogP contribution in [0.15, 0.2) is 0 Å². The molecule has 0 amide bonds. The fraction of sp³-hybridized carbons (Fsp3) is 0.900. The average Bonchev–Trinajstić information content (AvgIpc) is 2.09. The van der Waals surface area contributed by atoms with E-state index in [-0.39, 0.29) is 12.5 Å². The van der Waals surface area contributed by atoms with Crippen molar-refractivity contribution < 1.29 is 4.39 Å². The molecule has 0 aliphatic heterocycles. The highest BCUT2D eigenvalue weighted by molar-refractivity contribution is 5.76. The lowest BCUT2D eigenvalue weighted by molar-refractivity contribution is 0.238. The van der Waals surface area contributed by atoms with E-state index < -0.39 is 0 Å². The van der Waals surface area contributed by atoms with Crippen molar-refractivity contribution in [2.45, 2.75) is 26.7 Å². The molecule has 0 heterocycles. The summed E-state index contributed by atoms with van der Waals surface area (Å²) in [6.45, 7) is 6.49. The van der Waals surface area contributed by atoms with Gasteiger partial charge in [-0.05, 0) is 12.3 Å². The van der Waals surface area contributed by atoms with E-state index in [9.17, 15) is 4.39 Å². The Morgan fingerprint density at radius 3 is 2.50 bits per heavy atom. The van der Waals surface area contributed by atoms with E-state index in [1.165, 1.54) is 0 Å². The molecule has 0 spiro atoms. The fourth-order valence-corrected chi connectivity index (χ4v) is 1.37. The number of hydrogen-bond acceptors (Lipinski definition) is 2. The first-order valence-electron chi connectivity index (χ1n) is 5.17. The Bertz CT molecular complexity index is 159. The maximum absolute atomic E-state index is 12.0. The lowest BCUT2D eigenvalue weighted by atomic mass is 10.2. The van der Waals surface area contributed by atoms with Gasteiger partial charge >= 0.3 is 0 Å². The molecule has 0 saturated carbocycles. The summed E-state index contributed by atoms with van der Waals surface area (Å²) in [4.78, 5) is 2.17. The molecule has 4 heteroatoms. The smallest absolute Gasteiger partial charge is 0.0918 e. The van der Waals surface area contributed by atoms with E-state index in [1.807, 2.05) is 0 Å². The molecule has 0 aromatic carbocycles. The quantitative estimate of drug-likeness (QED) is 0.465. The number of amidine groups is 1. The van der Waals surface area contributed by atoms with E-state index in [1.54, 1.807) is 0 Å². The third-order valence-electron chi connectivity index (χ3n) is 1.93. The van der Waals surface area contributed by atoms with Crippen molar-refractivity contribution in [3.8, 4) is 0 Å². The third kappa shape index (κ3) is 7.98. The first kappa shape index (κ1) is 13.4. The molecule has 0 rings (SSSR count). The summed E-state index contributed by atoms with van der Waals surface area (Å²) in [7, 11) is 0. The predicted molar refractivity (Wildman–Crippen MR) is 58.4 cm³/mol. The number of halogens is 1. The Morgan fingerprint density at radius 1 is 1.43 bits per heavy atom. The Kier molecular flexibility index (Phi) is 7.38. The Balaban J connectivity index is 3.77. The summed E-state index contributed by atoms with van der Waals surface area (Å²) in [6, 6.07) is 0. The first-order valence-corrected chi connectivity index (χ1v) is 5.17. The van der Waals surface area contributed by atoms with Gasteiger partial charge in [0, 0.05) is 26.1 Å². The van der Waals surface area contributed by atoms with Gasteiger partial charge in [-0.3, -0.25) is 9.80 Å². The lowest BCUT2D eigenvalue weighted by Gasteiger charge is -2.23. The van der Waals surface area contributed by atoms with Crippen LogP contribution in [0.25, 0.3) is 0 Å². The van der Waals surface area contributed by atoms with Crippen LogP contribution in [0.3, 0.4) is 0 Å². The van der Waals surface area contributed by atoms with Gasteiger partial charge in [0.2, 0.25) is 0 Å². The van der Waals surface area contributed by atoms with Crippen LogP contribution in [0.5, 0.6) is 0 Å². The Labute approximate surface area is 86.0 Å². The zero-order chi connectivity index (χ0) is 11.0. The first-order chi connectivity index (χ1) is 6.56. The van der Waals surface area contributed by atoms with Crippen molar-refractivity contribution in [2.24, 2.45) is 11.7 Å². The topological polar surface area (TPSA) is 53.1 Å². The van der Waals surface area contributed by atoms with Crippen LogP contribution in [-0.4, -0.2) is 37.0 Å². The highest BCUT2D eigenvalue weighted by Gasteiger charge is 2.07. The lowest BCUT2D eigenvalue weighted by Crippen LogP contribution is -2.32. The van der Waals surface area contributed by atoms with E-state index in [0.717, 1.165) is 19.6 Å². The second-order valence-electron chi connectivity index (χ2n) is 4.01. The van der Waals surface area contributed by atoms with Gasteiger partial charge in [-0.25, -0.2) is 0 Å². The molecule has 84 valence electrons. The van der Waals surface area contributed by atoms with Gasteiger partial charge in [-0.1, -0.05) is 13.8 Å². The monoisotopic (exact) mass is 203 g/mol. The molecule has 0 radical (unpaired) electrons. The molecule has 0 aliphatic rings. The van der Waals surface area contributed by atoms with Crippen molar-refractivity contribution in [1.82, 2.24) is 4.90 Å². The normalized spacial score (nSPS) is 11.2. The second kappa shape index (κ2) is 7.74. The van der Waals surface area contributed by atoms with Gasteiger partial charge < -0.3 is 10.6 Å². The third-order valence-corrected chi connectivity index (χ3v) is 1.93. The molecule has 3 N–H and O–H groups in total. The predicted octanol–water partition coefficient (Wildman–Crippen LogP) is 1.63. The molecule has 0 unspecified atom stereocenters. The van der Waals surface area contributed by atoms with E-state index >= 15 is 0 Å². The molecule has 0 fully saturated rings. The average molecular weight is 203 g/mol. The highest BCUT2D eigenvalue weighted by atomic mass is 19.1. The van der Waals surface area contributed by atoms with Gasteiger partial charge in [-0.15, -0.1) is 0 Å². The largest absolute Gasteiger partial charge is 0.388 e. The van der Waals surface area contributed by atoms with Crippen LogP contribution in [0, 0.1) is 11.3 Å². The number of rotatable bonds is 8. The van der Waals surface area contributed by atoms with E-state index in [0.29, 0.717) is 18.8 Å². The molecule has 3 nitrogen and oxygen atoms in total. The summed E-state index contributed by atoms with van der Waals surface area (Å²) in [6.07, 6.45) is 1.16. The minimum atomic E-state index is -0.269. The number of nitrogens with zero attached hydrogens (tertiary/aromatic N) is 1. The van der Waals surface area contributed by atoms with Gasteiger partial charge in [-0.2, -0.15) is 0 Å². The van der Waals surface area contributed by atoms with Gasteiger partial charge in [0.25, 0.3) is 0 Å². The van der Waals surface area contributed by atoms with Crippen LogP contribution in [0.1, 0.15) is 26.7 Å². The van der Waals surface area contributed by atoms with E-state index in [2.05, 4.69) is 18.7 Å². The number of nitrogens with one attached hydrogen (secondary N) is 1. The zero-order valence-corrected chi connectivity index (χ0v) is 9.22. The van der Waals surface area contributed by atoms with Gasteiger partial charge in [0.15, 0.2) is 0 Å². The zero-order valence-electron chi connectivity index (χ0n) is 9.22. The molecule has 0 aliphatic carbocycles. The SMILES string of the molecule is CC(C)CN(CCCF)CCC(=N)N. The molecule has 0 aromatic rings. The summed E-state index contributed by atoms with van der Waals surface area (Å²) < 4.78 is 12.0. The van der Waals surface area contributed by atoms with Crippen LogP contribution in [0.2, 0.25) is 0 Å². The molecule has 0 aromatic heterocycles. The number of nitrogens with two attached hydrogens (primary N) is 1. The van der Waals surface area contributed by atoms with Gasteiger partial charge in [0.05, 0.1) is 12.5 Å². The second-order valence-corrected chi connectivity index (χ2v) is 4.01. The molecule has 0 bridgehead atoms. The van der Waals surface area contributed by atoms with Crippen molar-refractivity contribution in [2.75, 3.05) is 26.3 Å². The minimum absolute atomic E-state index is 0.207. The van der Waals surface area contributed by atoms with Crippen molar-refractivity contribution >= 4 is 5.84 Å². The molecular weight excluding hydrogens is 181 g/mol. The number of hydrogen-bond donors (Lipinski definition) is 2. The van der Waals surface area contributed by atoms with Crippen LogP contribution in [-0.2, 0) is 0 Å².